The summed E-state index contributed by atoms with van der Waals surface area (Å²) in [6, 6.07) is 34.4. The van der Waals surface area contributed by atoms with Crippen LogP contribution in [0, 0.1) is 0 Å². The second kappa shape index (κ2) is 7.79. The highest BCUT2D eigenvalue weighted by Crippen LogP contribution is 2.41. The van der Waals surface area contributed by atoms with E-state index in [-0.39, 0.29) is 5.92 Å². The summed E-state index contributed by atoms with van der Waals surface area (Å²) in [5, 5.41) is 11.7. The van der Waals surface area contributed by atoms with Gasteiger partial charge in [-0.15, -0.1) is 0 Å². The quantitative estimate of drug-likeness (QED) is 0.486. The van der Waals surface area contributed by atoms with Gasteiger partial charge in [-0.3, -0.25) is 4.98 Å². The maximum Gasteiger partial charge on any atom is 0.0992 e. The van der Waals surface area contributed by atoms with Gasteiger partial charge in [-0.2, -0.15) is 0 Å². The van der Waals surface area contributed by atoms with Gasteiger partial charge in [0, 0.05) is 6.20 Å². The highest BCUT2D eigenvalue weighted by Gasteiger charge is 2.37. The third-order valence-corrected chi connectivity index (χ3v) is 5.26. The second-order valence-corrected chi connectivity index (χ2v) is 7.19. The van der Waals surface area contributed by atoms with E-state index in [1.807, 2.05) is 85.8 Å². The molecule has 0 amide bonds. The van der Waals surface area contributed by atoms with Crippen LogP contribution in [0.3, 0.4) is 0 Å². The van der Waals surface area contributed by atoms with Gasteiger partial charge in [0.25, 0.3) is 0 Å². The molecule has 0 radical (unpaired) electrons. The zero-order chi connectivity index (χ0) is 19.4. The van der Waals surface area contributed by atoms with Crippen LogP contribution in [0.15, 0.2) is 109 Å². The molecule has 0 saturated carbocycles. The molecule has 138 valence electrons. The predicted molar refractivity (Wildman–Crippen MR) is 114 cm³/mol. The molecule has 0 bridgehead atoms. The van der Waals surface area contributed by atoms with Gasteiger partial charge in [0.15, 0.2) is 0 Å². The van der Waals surface area contributed by atoms with Crippen LogP contribution in [0.2, 0.25) is 0 Å². The molecule has 0 spiro atoms. The standard InChI is InChI=1S/C26H23NO/c1-26(28,23-17-15-21(16-18-23)20-10-4-2-5-11-20)25(22-12-6-3-7-13-22)24-14-8-9-19-27-24/h2-19,25,28H,1H3. The molecule has 28 heavy (non-hydrogen) atoms. The molecular weight excluding hydrogens is 342 g/mol. The number of rotatable bonds is 5. The Morgan fingerprint density at radius 2 is 1.25 bits per heavy atom. The first-order valence-corrected chi connectivity index (χ1v) is 9.50. The third-order valence-electron chi connectivity index (χ3n) is 5.26. The molecule has 2 unspecified atom stereocenters. The summed E-state index contributed by atoms with van der Waals surface area (Å²) in [6.45, 7) is 1.87. The summed E-state index contributed by atoms with van der Waals surface area (Å²) in [6.07, 6.45) is 1.78. The zero-order valence-corrected chi connectivity index (χ0v) is 15.9. The van der Waals surface area contributed by atoms with Gasteiger partial charge in [-0.05, 0) is 41.3 Å². The van der Waals surface area contributed by atoms with Crippen LogP contribution in [0.25, 0.3) is 11.1 Å². The minimum Gasteiger partial charge on any atom is -0.384 e. The minimum atomic E-state index is -1.11. The third kappa shape index (κ3) is 3.60. The highest BCUT2D eigenvalue weighted by atomic mass is 16.3. The average Bonchev–Trinajstić information content (AvgIpc) is 2.76. The lowest BCUT2D eigenvalue weighted by Crippen LogP contribution is -2.31. The Kier molecular flexibility index (Phi) is 5.05. The Bertz CT molecular complexity index is 971. The maximum absolute atomic E-state index is 11.7. The van der Waals surface area contributed by atoms with Crippen molar-refractivity contribution < 1.29 is 5.11 Å². The zero-order valence-electron chi connectivity index (χ0n) is 15.9. The van der Waals surface area contributed by atoms with Crippen LogP contribution >= 0.6 is 0 Å². The Hall–Kier alpha value is -3.23. The summed E-state index contributed by atoms with van der Waals surface area (Å²) in [7, 11) is 0. The van der Waals surface area contributed by atoms with Crippen molar-refractivity contribution in [1.82, 2.24) is 4.98 Å². The van der Waals surface area contributed by atoms with Crippen molar-refractivity contribution in [3.63, 3.8) is 0 Å². The summed E-state index contributed by atoms with van der Waals surface area (Å²) >= 11 is 0. The molecule has 0 aliphatic carbocycles. The molecule has 0 fully saturated rings. The number of aliphatic hydroxyl groups is 1. The number of pyridine rings is 1. The van der Waals surface area contributed by atoms with Crippen LogP contribution in [0.5, 0.6) is 0 Å². The molecular formula is C26H23NO. The summed E-state index contributed by atoms with van der Waals surface area (Å²) in [5.74, 6) is -0.266. The summed E-state index contributed by atoms with van der Waals surface area (Å²) in [5.41, 5.74) is 3.95. The van der Waals surface area contributed by atoms with Crippen molar-refractivity contribution in [2.75, 3.05) is 0 Å². The van der Waals surface area contributed by atoms with Crippen LogP contribution in [-0.4, -0.2) is 10.1 Å². The molecule has 0 aliphatic heterocycles. The van der Waals surface area contributed by atoms with Gasteiger partial charge in [-0.25, -0.2) is 0 Å². The van der Waals surface area contributed by atoms with Crippen molar-refractivity contribution >= 4 is 0 Å². The van der Waals surface area contributed by atoms with Gasteiger partial charge in [0.1, 0.15) is 0 Å². The molecule has 1 aromatic heterocycles. The molecule has 2 heteroatoms. The molecule has 0 aliphatic rings. The van der Waals surface area contributed by atoms with E-state index in [9.17, 15) is 5.11 Å². The maximum atomic E-state index is 11.7. The number of hydrogen-bond donors (Lipinski definition) is 1. The number of nitrogens with zero attached hydrogens (tertiary/aromatic N) is 1. The average molecular weight is 365 g/mol. The van der Waals surface area contributed by atoms with Gasteiger partial charge in [0.2, 0.25) is 0 Å². The first-order valence-electron chi connectivity index (χ1n) is 9.50. The minimum absolute atomic E-state index is 0.266. The highest BCUT2D eigenvalue weighted by molar-refractivity contribution is 5.63. The largest absolute Gasteiger partial charge is 0.384 e. The van der Waals surface area contributed by atoms with E-state index >= 15 is 0 Å². The monoisotopic (exact) mass is 365 g/mol. The Balaban J connectivity index is 1.75. The first-order chi connectivity index (χ1) is 13.7. The Morgan fingerprint density at radius 3 is 1.86 bits per heavy atom. The van der Waals surface area contributed by atoms with E-state index < -0.39 is 5.60 Å². The fourth-order valence-corrected chi connectivity index (χ4v) is 3.77. The normalized spacial score (nSPS) is 14.2. The van der Waals surface area contributed by atoms with Crippen molar-refractivity contribution in [2.45, 2.75) is 18.4 Å². The first kappa shape index (κ1) is 18.1. The molecule has 4 rings (SSSR count). The summed E-state index contributed by atoms with van der Waals surface area (Å²) in [4.78, 5) is 4.55. The number of benzene rings is 3. The molecule has 0 saturated heterocycles. The molecule has 2 atom stereocenters. The molecule has 2 nitrogen and oxygen atoms in total. The van der Waals surface area contributed by atoms with E-state index in [0.717, 1.165) is 27.9 Å². The molecule has 3 aromatic carbocycles. The topological polar surface area (TPSA) is 33.1 Å². The fraction of sp³-hybridized carbons (Fsp3) is 0.115. The van der Waals surface area contributed by atoms with E-state index in [1.54, 1.807) is 6.20 Å². The van der Waals surface area contributed by atoms with Crippen LogP contribution in [0.4, 0.5) is 0 Å². The van der Waals surface area contributed by atoms with E-state index in [2.05, 4.69) is 29.2 Å². The number of aromatic nitrogens is 1. The lowest BCUT2D eigenvalue weighted by Gasteiger charge is -2.33. The second-order valence-electron chi connectivity index (χ2n) is 7.19. The Morgan fingerprint density at radius 1 is 0.679 bits per heavy atom. The van der Waals surface area contributed by atoms with Gasteiger partial charge < -0.3 is 5.11 Å². The summed E-state index contributed by atoms with van der Waals surface area (Å²) < 4.78 is 0. The van der Waals surface area contributed by atoms with Crippen molar-refractivity contribution in [2.24, 2.45) is 0 Å². The van der Waals surface area contributed by atoms with Gasteiger partial charge in [0.05, 0.1) is 17.2 Å². The predicted octanol–water partition coefficient (Wildman–Crippen LogP) is 5.79. The molecule has 1 heterocycles. The van der Waals surface area contributed by atoms with E-state index in [0.29, 0.717) is 0 Å². The van der Waals surface area contributed by atoms with Crippen LogP contribution in [-0.2, 0) is 5.60 Å². The van der Waals surface area contributed by atoms with Crippen molar-refractivity contribution in [1.29, 1.82) is 0 Å². The van der Waals surface area contributed by atoms with E-state index in [1.165, 1.54) is 0 Å². The van der Waals surface area contributed by atoms with E-state index in [4.69, 9.17) is 0 Å². The van der Waals surface area contributed by atoms with Crippen molar-refractivity contribution in [3.05, 3.63) is 126 Å². The molecule has 1 N–H and O–H groups in total. The van der Waals surface area contributed by atoms with Gasteiger partial charge in [-0.1, -0.05) is 91.0 Å². The number of hydrogen-bond acceptors (Lipinski definition) is 2. The SMILES string of the molecule is CC(O)(c1ccc(-c2ccccc2)cc1)C(c1ccccc1)c1ccccn1. The van der Waals surface area contributed by atoms with Crippen molar-refractivity contribution in [3.8, 4) is 11.1 Å². The smallest absolute Gasteiger partial charge is 0.0992 e. The molecule has 4 aromatic rings. The Labute approximate surface area is 166 Å². The lowest BCUT2D eigenvalue weighted by atomic mass is 9.76. The van der Waals surface area contributed by atoms with Crippen LogP contribution in [0.1, 0.15) is 29.7 Å². The van der Waals surface area contributed by atoms with Gasteiger partial charge >= 0.3 is 0 Å². The van der Waals surface area contributed by atoms with Crippen LogP contribution < -0.4 is 0 Å². The lowest BCUT2D eigenvalue weighted by molar-refractivity contribution is 0.0380. The fourth-order valence-electron chi connectivity index (χ4n) is 3.77.